The van der Waals surface area contributed by atoms with Crippen LogP contribution in [0.1, 0.15) is 114 Å². The Balaban J connectivity index is 3.55. The third kappa shape index (κ3) is 8.76. The number of nitrogens with two attached hydrogens (primary N) is 1. The first kappa shape index (κ1) is 35.1. The number of Topliss-reactive ketones (excluding diaryl/α,β-unsaturated/α-hetero) is 1. The van der Waals surface area contributed by atoms with Crippen molar-refractivity contribution < 1.29 is 27.6 Å². The van der Waals surface area contributed by atoms with Gasteiger partial charge in [-0.2, -0.15) is 0 Å². The summed E-state index contributed by atoms with van der Waals surface area (Å²) in [6, 6.07) is -1.98. The zero-order chi connectivity index (χ0) is 30.4. The lowest BCUT2D eigenvalue weighted by Gasteiger charge is -2.50. The molecular formula is C29H53N3O6S. The minimum atomic E-state index is -3.54. The maximum Gasteiger partial charge on any atom is 0.287 e. The van der Waals surface area contributed by atoms with Gasteiger partial charge >= 0.3 is 0 Å². The number of nitrogens with one attached hydrogen (secondary N) is 1. The number of primary amides is 1. The molecule has 1 rings (SSSR count). The molecule has 0 bridgehead atoms. The van der Waals surface area contributed by atoms with Gasteiger partial charge in [-0.1, -0.05) is 60.3 Å². The standard InChI is InChI=1S/C29H53N3O6S/c1-10-15-21(22(33)24(30)34)31-25(35)20(3)32(18-11-2)26(36)23(27(4,5)6)29(16-13-12-14-17-29)19-39(37,38)28(7,8)9/h20-21,23H,10-19H2,1-9H3,(H2,30,34)(H,31,35). The normalized spacial score (nSPS) is 18.5. The first-order chi connectivity index (χ1) is 17.8. The molecule has 1 fully saturated rings. The van der Waals surface area contributed by atoms with Crippen molar-refractivity contribution in [2.45, 2.75) is 131 Å². The van der Waals surface area contributed by atoms with Gasteiger partial charge in [0.2, 0.25) is 17.6 Å². The molecule has 0 spiro atoms. The lowest BCUT2D eigenvalue weighted by atomic mass is 9.58. The second kappa shape index (κ2) is 13.6. The van der Waals surface area contributed by atoms with E-state index < -0.39 is 61.0 Å². The van der Waals surface area contributed by atoms with Crippen molar-refractivity contribution in [2.75, 3.05) is 12.3 Å². The predicted octanol–water partition coefficient (Wildman–Crippen LogP) is 3.78. The van der Waals surface area contributed by atoms with E-state index in [0.29, 0.717) is 32.2 Å². The highest BCUT2D eigenvalue weighted by atomic mass is 32.2. The number of ketones is 1. The van der Waals surface area contributed by atoms with Gasteiger partial charge in [-0.15, -0.1) is 0 Å². The fourth-order valence-corrected chi connectivity index (χ4v) is 7.63. The Morgan fingerprint density at radius 2 is 1.49 bits per heavy atom. The Bertz CT molecular complexity index is 987. The Kier molecular flexibility index (Phi) is 12.2. The van der Waals surface area contributed by atoms with Crippen molar-refractivity contribution in [2.24, 2.45) is 22.5 Å². The minimum absolute atomic E-state index is 0.0800. The van der Waals surface area contributed by atoms with E-state index >= 15 is 0 Å². The molecule has 0 heterocycles. The van der Waals surface area contributed by atoms with Crippen LogP contribution in [0.15, 0.2) is 0 Å². The SMILES string of the molecule is CCCC(NC(=O)C(C)N(CCC)C(=O)C(C(C)(C)C)C1(CS(=O)(=O)C(C)(C)C)CCCCC1)C(=O)C(N)=O. The van der Waals surface area contributed by atoms with Crippen molar-refractivity contribution in [1.82, 2.24) is 10.2 Å². The first-order valence-corrected chi connectivity index (χ1v) is 16.1. The molecule has 1 saturated carbocycles. The van der Waals surface area contributed by atoms with Gasteiger partial charge in [0.25, 0.3) is 5.91 Å². The molecule has 3 atom stereocenters. The number of hydrogen-bond acceptors (Lipinski definition) is 6. The van der Waals surface area contributed by atoms with Gasteiger partial charge in [0.1, 0.15) is 6.04 Å². The molecule has 1 aliphatic carbocycles. The van der Waals surface area contributed by atoms with Crippen LogP contribution in [0.5, 0.6) is 0 Å². The van der Waals surface area contributed by atoms with E-state index in [2.05, 4.69) is 5.32 Å². The van der Waals surface area contributed by atoms with Crippen LogP contribution in [-0.2, 0) is 29.0 Å². The fourth-order valence-electron chi connectivity index (χ4n) is 5.98. The van der Waals surface area contributed by atoms with Gasteiger partial charge in [0, 0.05) is 12.5 Å². The van der Waals surface area contributed by atoms with E-state index in [1.54, 1.807) is 27.7 Å². The summed E-state index contributed by atoms with van der Waals surface area (Å²) in [7, 11) is -3.54. The van der Waals surface area contributed by atoms with Crippen molar-refractivity contribution in [3.05, 3.63) is 0 Å². The number of nitrogens with zero attached hydrogens (tertiary/aromatic N) is 1. The summed E-state index contributed by atoms with van der Waals surface area (Å²) in [6.07, 6.45) is 5.32. The van der Waals surface area contributed by atoms with E-state index in [-0.39, 0.29) is 18.1 Å². The molecule has 3 amide bonds. The van der Waals surface area contributed by atoms with E-state index in [0.717, 1.165) is 19.3 Å². The number of sulfone groups is 1. The average Bonchev–Trinajstić information content (AvgIpc) is 2.79. The quantitative estimate of drug-likeness (QED) is 0.322. The summed E-state index contributed by atoms with van der Waals surface area (Å²) in [5.41, 5.74) is 3.86. The molecule has 0 aromatic heterocycles. The summed E-state index contributed by atoms with van der Waals surface area (Å²) in [6.45, 7) is 16.6. The highest BCUT2D eigenvalue weighted by Gasteiger charge is 2.54. The molecule has 9 nitrogen and oxygen atoms in total. The van der Waals surface area contributed by atoms with Crippen molar-refractivity contribution >= 4 is 33.3 Å². The van der Waals surface area contributed by atoms with Crippen LogP contribution < -0.4 is 11.1 Å². The van der Waals surface area contributed by atoms with E-state index in [1.807, 2.05) is 34.6 Å². The Labute approximate surface area is 236 Å². The Hall–Kier alpha value is -1.97. The van der Waals surface area contributed by atoms with Crippen LogP contribution in [0.2, 0.25) is 0 Å². The number of carbonyl (C=O) groups excluding carboxylic acids is 4. The third-order valence-corrected chi connectivity index (χ3v) is 10.9. The molecule has 10 heteroatoms. The van der Waals surface area contributed by atoms with Gasteiger partial charge in [-0.3, -0.25) is 19.2 Å². The smallest absolute Gasteiger partial charge is 0.287 e. The summed E-state index contributed by atoms with van der Waals surface area (Å²) >= 11 is 0. The summed E-state index contributed by atoms with van der Waals surface area (Å²) in [4.78, 5) is 53.2. The highest BCUT2D eigenvalue weighted by Crippen LogP contribution is 2.52. The molecule has 0 aromatic rings. The van der Waals surface area contributed by atoms with Gasteiger partial charge in [0.05, 0.1) is 16.5 Å². The number of amides is 3. The molecular weight excluding hydrogens is 518 g/mol. The highest BCUT2D eigenvalue weighted by molar-refractivity contribution is 7.92. The van der Waals surface area contributed by atoms with Crippen LogP contribution in [0.4, 0.5) is 0 Å². The first-order valence-electron chi connectivity index (χ1n) is 14.4. The Morgan fingerprint density at radius 3 is 1.90 bits per heavy atom. The third-order valence-electron chi connectivity index (χ3n) is 8.03. The van der Waals surface area contributed by atoms with Gasteiger partial charge < -0.3 is 16.0 Å². The zero-order valence-corrected chi connectivity index (χ0v) is 26.5. The largest absolute Gasteiger partial charge is 0.363 e. The average molecular weight is 572 g/mol. The molecule has 0 saturated heterocycles. The van der Waals surface area contributed by atoms with E-state index in [9.17, 15) is 27.6 Å². The van der Waals surface area contributed by atoms with Crippen LogP contribution >= 0.6 is 0 Å². The van der Waals surface area contributed by atoms with Crippen molar-refractivity contribution in [3.8, 4) is 0 Å². The topological polar surface area (TPSA) is 144 Å². The van der Waals surface area contributed by atoms with Crippen molar-refractivity contribution in [1.29, 1.82) is 0 Å². The molecule has 0 aromatic carbocycles. The maximum absolute atomic E-state index is 14.5. The summed E-state index contributed by atoms with van der Waals surface area (Å²) < 4.78 is 26.2. The van der Waals surface area contributed by atoms with Crippen LogP contribution in [-0.4, -0.2) is 66.0 Å². The van der Waals surface area contributed by atoms with Gasteiger partial charge in [-0.05, 0) is 64.2 Å². The molecule has 3 N–H and O–H groups in total. The molecule has 0 aliphatic heterocycles. The lowest BCUT2D eigenvalue weighted by molar-refractivity contribution is -0.153. The number of hydrogen-bond donors (Lipinski definition) is 2. The Morgan fingerprint density at radius 1 is 0.949 bits per heavy atom. The maximum atomic E-state index is 14.5. The number of rotatable bonds is 13. The van der Waals surface area contributed by atoms with Crippen LogP contribution in [0.25, 0.3) is 0 Å². The molecule has 3 unspecified atom stereocenters. The van der Waals surface area contributed by atoms with Gasteiger partial charge in [0.15, 0.2) is 9.84 Å². The minimum Gasteiger partial charge on any atom is -0.363 e. The van der Waals surface area contributed by atoms with E-state index in [1.165, 1.54) is 4.90 Å². The summed E-state index contributed by atoms with van der Waals surface area (Å²) in [5.74, 6) is -3.49. The molecule has 39 heavy (non-hydrogen) atoms. The van der Waals surface area contributed by atoms with Crippen LogP contribution in [0.3, 0.4) is 0 Å². The van der Waals surface area contributed by atoms with E-state index in [4.69, 9.17) is 5.73 Å². The molecule has 1 aliphatic rings. The zero-order valence-electron chi connectivity index (χ0n) is 25.7. The molecule has 0 radical (unpaired) electrons. The predicted molar refractivity (Wildman–Crippen MR) is 155 cm³/mol. The monoisotopic (exact) mass is 571 g/mol. The number of carbonyl (C=O) groups is 4. The lowest BCUT2D eigenvalue weighted by Crippen LogP contribution is -2.59. The van der Waals surface area contributed by atoms with Crippen molar-refractivity contribution in [3.63, 3.8) is 0 Å². The second-order valence-corrected chi connectivity index (χ2v) is 16.1. The summed E-state index contributed by atoms with van der Waals surface area (Å²) in [5, 5.41) is 2.64. The molecule has 226 valence electrons. The fraction of sp³-hybridized carbons (Fsp3) is 0.862. The van der Waals surface area contributed by atoms with Gasteiger partial charge in [-0.25, -0.2) is 8.42 Å². The second-order valence-electron chi connectivity index (χ2n) is 13.4. The van der Waals surface area contributed by atoms with Crippen LogP contribution in [0, 0.1) is 16.7 Å².